The van der Waals surface area contributed by atoms with Gasteiger partial charge in [-0.3, -0.25) is 9.36 Å². The molecule has 0 unspecified atom stereocenters. The third-order valence-corrected chi connectivity index (χ3v) is 6.01. The smallest absolute Gasteiger partial charge is 0.319 e. The molecule has 0 saturated heterocycles. The SMILES string of the molecule is CCOC(=O)[C@@H](C)Sc1nnc(-c2c[nH]c3ccccc23)n1-c1cc(OC)ccc1OC. The molecule has 0 aliphatic carbocycles. The molecule has 0 bridgehead atoms. The molecule has 1 atom stereocenters. The zero-order valence-corrected chi connectivity index (χ0v) is 19.1. The van der Waals surface area contributed by atoms with E-state index in [4.69, 9.17) is 14.2 Å². The predicted octanol–water partition coefficient (Wildman–Crippen LogP) is 4.48. The molecule has 0 radical (unpaired) electrons. The number of esters is 1. The van der Waals surface area contributed by atoms with E-state index in [-0.39, 0.29) is 5.97 Å². The second kappa shape index (κ2) is 9.35. The Kier molecular flexibility index (Phi) is 6.36. The highest BCUT2D eigenvalue weighted by molar-refractivity contribution is 8.00. The summed E-state index contributed by atoms with van der Waals surface area (Å²) in [6.07, 6.45) is 1.90. The molecule has 2 heterocycles. The molecule has 32 heavy (non-hydrogen) atoms. The van der Waals surface area contributed by atoms with Gasteiger partial charge in [-0.05, 0) is 32.0 Å². The lowest BCUT2D eigenvalue weighted by Crippen LogP contribution is -2.17. The monoisotopic (exact) mass is 452 g/mol. The Bertz CT molecular complexity index is 1250. The summed E-state index contributed by atoms with van der Waals surface area (Å²) in [7, 11) is 3.21. The molecule has 4 aromatic rings. The third-order valence-electron chi connectivity index (χ3n) is 4.99. The van der Waals surface area contributed by atoms with E-state index in [1.807, 2.05) is 53.2 Å². The summed E-state index contributed by atoms with van der Waals surface area (Å²) in [4.78, 5) is 15.6. The molecule has 1 N–H and O–H groups in total. The molecule has 0 aliphatic rings. The molecule has 0 aliphatic heterocycles. The Balaban J connectivity index is 1.91. The number of benzene rings is 2. The highest BCUT2D eigenvalue weighted by atomic mass is 32.2. The van der Waals surface area contributed by atoms with Crippen molar-refractivity contribution in [3.8, 4) is 28.6 Å². The lowest BCUT2D eigenvalue weighted by Gasteiger charge is -2.16. The average molecular weight is 453 g/mol. The van der Waals surface area contributed by atoms with Crippen LogP contribution in [0.4, 0.5) is 0 Å². The van der Waals surface area contributed by atoms with Crippen LogP contribution in [0.1, 0.15) is 13.8 Å². The summed E-state index contributed by atoms with van der Waals surface area (Å²) in [5.41, 5.74) is 2.58. The first-order chi connectivity index (χ1) is 15.6. The van der Waals surface area contributed by atoms with Crippen molar-refractivity contribution in [3.05, 3.63) is 48.7 Å². The summed E-state index contributed by atoms with van der Waals surface area (Å²) in [5.74, 6) is 1.59. The maximum absolute atomic E-state index is 12.3. The number of methoxy groups -OCH3 is 2. The minimum absolute atomic E-state index is 0.307. The second-order valence-corrected chi connectivity index (χ2v) is 8.25. The first kappa shape index (κ1) is 21.8. The summed E-state index contributed by atoms with van der Waals surface area (Å²) >= 11 is 1.28. The molecule has 166 valence electrons. The minimum atomic E-state index is -0.467. The van der Waals surface area contributed by atoms with Gasteiger partial charge in [0.25, 0.3) is 0 Å². The van der Waals surface area contributed by atoms with Crippen molar-refractivity contribution in [2.75, 3.05) is 20.8 Å². The van der Waals surface area contributed by atoms with Crippen molar-refractivity contribution in [1.29, 1.82) is 0 Å². The number of aromatic amines is 1. The first-order valence-corrected chi connectivity index (χ1v) is 11.0. The first-order valence-electron chi connectivity index (χ1n) is 10.1. The Morgan fingerprint density at radius 3 is 2.72 bits per heavy atom. The van der Waals surface area contributed by atoms with E-state index in [0.29, 0.717) is 34.8 Å². The van der Waals surface area contributed by atoms with Gasteiger partial charge in [0, 0.05) is 28.7 Å². The number of carbonyl (C=O) groups excluding carboxylic acids is 1. The van der Waals surface area contributed by atoms with Crippen LogP contribution in [0.2, 0.25) is 0 Å². The van der Waals surface area contributed by atoms with Crippen LogP contribution in [0.15, 0.2) is 53.8 Å². The van der Waals surface area contributed by atoms with E-state index in [2.05, 4.69) is 15.2 Å². The maximum atomic E-state index is 12.3. The fourth-order valence-electron chi connectivity index (χ4n) is 3.43. The quantitative estimate of drug-likeness (QED) is 0.311. The number of para-hydroxylation sites is 1. The zero-order chi connectivity index (χ0) is 22.7. The topological polar surface area (TPSA) is 91.3 Å². The summed E-state index contributed by atoms with van der Waals surface area (Å²) in [6, 6.07) is 13.5. The number of thioether (sulfide) groups is 1. The molecule has 0 fully saturated rings. The third kappa shape index (κ3) is 4.03. The van der Waals surface area contributed by atoms with Crippen LogP contribution in [0.3, 0.4) is 0 Å². The normalized spacial score (nSPS) is 12.0. The number of ether oxygens (including phenoxy) is 3. The van der Waals surface area contributed by atoms with Crippen LogP contribution in [-0.2, 0) is 9.53 Å². The van der Waals surface area contributed by atoms with Gasteiger partial charge in [0.2, 0.25) is 0 Å². The molecular weight excluding hydrogens is 428 g/mol. The molecular formula is C23H24N4O4S. The van der Waals surface area contributed by atoms with Crippen LogP contribution in [0.5, 0.6) is 11.5 Å². The van der Waals surface area contributed by atoms with E-state index in [0.717, 1.165) is 16.5 Å². The Morgan fingerprint density at radius 2 is 1.97 bits per heavy atom. The number of nitrogens with zero attached hydrogens (tertiary/aromatic N) is 3. The highest BCUT2D eigenvalue weighted by Gasteiger charge is 2.25. The van der Waals surface area contributed by atoms with Crippen molar-refractivity contribution >= 4 is 28.6 Å². The molecule has 0 saturated carbocycles. The molecule has 8 nitrogen and oxygen atoms in total. The van der Waals surface area contributed by atoms with Crippen LogP contribution in [0.25, 0.3) is 28.0 Å². The van der Waals surface area contributed by atoms with Crippen LogP contribution < -0.4 is 9.47 Å². The Labute approximate surface area is 189 Å². The van der Waals surface area contributed by atoms with Crippen molar-refractivity contribution in [2.45, 2.75) is 24.3 Å². The number of hydrogen-bond donors (Lipinski definition) is 1. The van der Waals surface area contributed by atoms with Gasteiger partial charge in [0.15, 0.2) is 11.0 Å². The fraction of sp³-hybridized carbons (Fsp3) is 0.261. The van der Waals surface area contributed by atoms with Gasteiger partial charge in [-0.25, -0.2) is 0 Å². The Morgan fingerprint density at radius 1 is 1.16 bits per heavy atom. The second-order valence-electron chi connectivity index (χ2n) is 6.94. The summed E-state index contributed by atoms with van der Waals surface area (Å²) < 4.78 is 18.1. The standard InChI is InChI=1S/C23H24N4O4S/c1-5-31-22(28)14(2)32-23-26-25-21(17-13-24-18-9-7-6-8-16(17)18)27(23)19-12-15(29-3)10-11-20(19)30-4/h6-14,24H,5H2,1-4H3/t14-/m1/s1. The van der Waals surface area contributed by atoms with Gasteiger partial charge in [0.05, 0.1) is 26.5 Å². The van der Waals surface area contributed by atoms with Crippen LogP contribution >= 0.6 is 11.8 Å². The average Bonchev–Trinajstić information content (AvgIpc) is 3.42. The number of aromatic nitrogens is 4. The summed E-state index contributed by atoms with van der Waals surface area (Å²) in [5, 5.41) is 10.0. The van der Waals surface area contributed by atoms with Crippen molar-refractivity contribution in [1.82, 2.24) is 19.7 Å². The predicted molar refractivity (Wildman–Crippen MR) is 124 cm³/mol. The molecule has 9 heteroatoms. The van der Waals surface area contributed by atoms with Crippen LogP contribution in [0, 0.1) is 0 Å². The van der Waals surface area contributed by atoms with Gasteiger partial charge in [0.1, 0.15) is 16.7 Å². The van der Waals surface area contributed by atoms with Crippen molar-refractivity contribution in [2.24, 2.45) is 0 Å². The minimum Gasteiger partial charge on any atom is -0.497 e. The lowest BCUT2D eigenvalue weighted by atomic mass is 10.1. The van der Waals surface area contributed by atoms with E-state index in [9.17, 15) is 4.79 Å². The van der Waals surface area contributed by atoms with Gasteiger partial charge in [-0.2, -0.15) is 0 Å². The van der Waals surface area contributed by atoms with Gasteiger partial charge in [-0.1, -0.05) is 30.0 Å². The van der Waals surface area contributed by atoms with Crippen LogP contribution in [-0.4, -0.2) is 51.8 Å². The lowest BCUT2D eigenvalue weighted by molar-refractivity contribution is -0.142. The van der Waals surface area contributed by atoms with E-state index in [1.165, 1.54) is 11.8 Å². The largest absolute Gasteiger partial charge is 0.497 e. The van der Waals surface area contributed by atoms with Gasteiger partial charge < -0.3 is 19.2 Å². The number of rotatable bonds is 8. The molecule has 2 aromatic carbocycles. The van der Waals surface area contributed by atoms with Crippen molar-refractivity contribution < 1.29 is 19.0 Å². The van der Waals surface area contributed by atoms with Gasteiger partial charge >= 0.3 is 5.97 Å². The van der Waals surface area contributed by atoms with Gasteiger partial charge in [-0.15, -0.1) is 10.2 Å². The zero-order valence-electron chi connectivity index (χ0n) is 18.3. The number of hydrogen-bond acceptors (Lipinski definition) is 7. The molecule has 4 rings (SSSR count). The van der Waals surface area contributed by atoms with Crippen molar-refractivity contribution in [3.63, 3.8) is 0 Å². The number of nitrogens with one attached hydrogen (secondary N) is 1. The fourth-order valence-corrected chi connectivity index (χ4v) is 4.29. The van der Waals surface area contributed by atoms with E-state index < -0.39 is 5.25 Å². The Hall–Kier alpha value is -3.46. The molecule has 2 aromatic heterocycles. The summed E-state index contributed by atoms with van der Waals surface area (Å²) in [6.45, 7) is 3.89. The number of H-pyrrole nitrogens is 1. The molecule has 0 spiro atoms. The number of carbonyl (C=O) groups is 1. The van der Waals surface area contributed by atoms with E-state index in [1.54, 1.807) is 28.1 Å². The maximum Gasteiger partial charge on any atom is 0.319 e. The van der Waals surface area contributed by atoms with E-state index >= 15 is 0 Å². The number of fused-ring (bicyclic) bond motifs is 1. The highest BCUT2D eigenvalue weighted by Crippen LogP contribution is 2.37. The molecule has 0 amide bonds.